The van der Waals surface area contributed by atoms with Crippen molar-refractivity contribution in [1.82, 2.24) is 4.90 Å². The normalized spacial score (nSPS) is 41.0. The van der Waals surface area contributed by atoms with Crippen molar-refractivity contribution in [2.75, 3.05) is 6.54 Å². The van der Waals surface area contributed by atoms with E-state index in [1.165, 1.54) is 44.9 Å². The summed E-state index contributed by atoms with van der Waals surface area (Å²) in [6.45, 7) is 10.6. The number of carbonyl (C=O) groups is 1. The van der Waals surface area contributed by atoms with Gasteiger partial charge in [0.15, 0.2) is 0 Å². The molecule has 3 fully saturated rings. The molecule has 3 rings (SSSR count). The molecule has 0 aromatic carbocycles. The molecular weight excluding hydrogens is 258 g/mol. The first kappa shape index (κ1) is 15.4. The van der Waals surface area contributed by atoms with E-state index in [0.717, 1.165) is 18.4 Å². The summed E-state index contributed by atoms with van der Waals surface area (Å²) in [4.78, 5) is 14.2. The lowest BCUT2D eigenvalue weighted by molar-refractivity contribution is -0.131. The van der Waals surface area contributed by atoms with Crippen LogP contribution in [0.1, 0.15) is 79.1 Å². The molecule has 0 aromatic rings. The fraction of sp³-hybridized carbons (Fsp3) is 0.947. The number of fused-ring (bicyclic) bond motifs is 2. The average molecular weight is 291 g/mol. The lowest BCUT2D eigenvalue weighted by Gasteiger charge is -2.40. The molecule has 2 saturated carbocycles. The van der Waals surface area contributed by atoms with Crippen LogP contribution in [-0.4, -0.2) is 23.4 Å². The first-order chi connectivity index (χ1) is 9.90. The van der Waals surface area contributed by atoms with Gasteiger partial charge in [0.2, 0.25) is 5.91 Å². The maximum Gasteiger partial charge on any atom is 0.222 e. The van der Waals surface area contributed by atoms with Crippen LogP contribution < -0.4 is 0 Å². The maximum absolute atomic E-state index is 12.0. The van der Waals surface area contributed by atoms with Crippen LogP contribution in [0, 0.1) is 22.7 Å². The molecule has 2 heteroatoms. The van der Waals surface area contributed by atoms with Crippen LogP contribution in [0.3, 0.4) is 0 Å². The summed E-state index contributed by atoms with van der Waals surface area (Å²) in [6, 6.07) is 0.545. The molecule has 1 saturated heterocycles. The van der Waals surface area contributed by atoms with E-state index in [1.807, 2.05) is 6.92 Å². The second-order valence-corrected chi connectivity index (χ2v) is 8.62. The van der Waals surface area contributed by atoms with Crippen molar-refractivity contribution in [3.8, 4) is 0 Å². The highest BCUT2D eigenvalue weighted by Crippen LogP contribution is 2.69. The smallest absolute Gasteiger partial charge is 0.222 e. The van der Waals surface area contributed by atoms with Crippen molar-refractivity contribution in [1.29, 1.82) is 0 Å². The molecule has 3 unspecified atom stereocenters. The monoisotopic (exact) mass is 291 g/mol. The van der Waals surface area contributed by atoms with E-state index in [-0.39, 0.29) is 0 Å². The third kappa shape index (κ3) is 2.24. The number of rotatable bonds is 4. The molecule has 1 amide bonds. The van der Waals surface area contributed by atoms with Crippen molar-refractivity contribution in [2.45, 2.75) is 85.1 Å². The van der Waals surface area contributed by atoms with E-state index in [0.29, 0.717) is 29.2 Å². The third-order valence-corrected chi connectivity index (χ3v) is 7.82. The van der Waals surface area contributed by atoms with Gasteiger partial charge < -0.3 is 4.90 Å². The van der Waals surface area contributed by atoms with Gasteiger partial charge in [-0.25, -0.2) is 0 Å². The summed E-state index contributed by atoms with van der Waals surface area (Å²) < 4.78 is 0. The van der Waals surface area contributed by atoms with Gasteiger partial charge in [-0.1, -0.05) is 27.7 Å². The molecule has 21 heavy (non-hydrogen) atoms. The maximum atomic E-state index is 12.0. The largest absolute Gasteiger partial charge is 0.340 e. The van der Waals surface area contributed by atoms with Crippen LogP contribution >= 0.6 is 0 Å². The molecule has 120 valence electrons. The van der Waals surface area contributed by atoms with Gasteiger partial charge in [-0.05, 0) is 67.6 Å². The summed E-state index contributed by atoms with van der Waals surface area (Å²) in [5, 5.41) is 0. The summed E-state index contributed by atoms with van der Waals surface area (Å²) in [6.07, 6.45) is 10.0. The number of carbonyl (C=O) groups excluding carboxylic acids is 1. The van der Waals surface area contributed by atoms with Crippen molar-refractivity contribution < 1.29 is 4.79 Å². The number of amides is 1. The fourth-order valence-electron chi connectivity index (χ4n) is 5.87. The van der Waals surface area contributed by atoms with Crippen LogP contribution in [0.4, 0.5) is 0 Å². The highest BCUT2D eigenvalue weighted by atomic mass is 16.2. The van der Waals surface area contributed by atoms with Gasteiger partial charge in [0.1, 0.15) is 0 Å². The van der Waals surface area contributed by atoms with E-state index in [2.05, 4.69) is 25.7 Å². The first-order valence-electron chi connectivity index (χ1n) is 9.19. The zero-order chi connectivity index (χ0) is 15.3. The molecule has 0 N–H and O–H groups in total. The Morgan fingerprint density at radius 2 is 1.95 bits per heavy atom. The Morgan fingerprint density at radius 1 is 1.19 bits per heavy atom. The minimum absolute atomic E-state index is 0.372. The lowest BCUT2D eigenvalue weighted by Crippen LogP contribution is -2.36. The Bertz CT molecular complexity index is 416. The van der Waals surface area contributed by atoms with Gasteiger partial charge in [0, 0.05) is 19.0 Å². The topological polar surface area (TPSA) is 20.3 Å². The third-order valence-electron chi connectivity index (χ3n) is 7.82. The van der Waals surface area contributed by atoms with E-state index in [4.69, 9.17) is 0 Å². The fourth-order valence-corrected chi connectivity index (χ4v) is 5.87. The van der Waals surface area contributed by atoms with Gasteiger partial charge in [-0.15, -0.1) is 0 Å². The average Bonchev–Trinajstić information content (AvgIpc) is 3.06. The van der Waals surface area contributed by atoms with Crippen LogP contribution in [-0.2, 0) is 4.79 Å². The second-order valence-electron chi connectivity index (χ2n) is 8.62. The summed E-state index contributed by atoms with van der Waals surface area (Å²) >= 11 is 0. The molecule has 2 aliphatic carbocycles. The van der Waals surface area contributed by atoms with E-state index >= 15 is 0 Å². The number of likely N-dealkylation sites (tertiary alicyclic amines) is 1. The highest BCUT2D eigenvalue weighted by molar-refractivity contribution is 5.76. The zero-order valence-electron chi connectivity index (χ0n) is 14.5. The van der Waals surface area contributed by atoms with Crippen LogP contribution in [0.5, 0.6) is 0 Å². The Kier molecular flexibility index (Phi) is 3.86. The molecule has 2 bridgehead atoms. The molecule has 2 nitrogen and oxygen atoms in total. The molecule has 0 radical (unpaired) electrons. The Labute approximate surface area is 130 Å². The number of hydrogen-bond donors (Lipinski definition) is 0. The van der Waals surface area contributed by atoms with Crippen molar-refractivity contribution >= 4 is 5.91 Å². The van der Waals surface area contributed by atoms with Crippen molar-refractivity contribution in [3.05, 3.63) is 0 Å². The number of hydrogen-bond acceptors (Lipinski definition) is 1. The summed E-state index contributed by atoms with van der Waals surface area (Å²) in [5.41, 5.74) is 1.09. The second kappa shape index (κ2) is 5.28. The molecule has 1 heterocycles. The van der Waals surface area contributed by atoms with Gasteiger partial charge in [-0.2, -0.15) is 0 Å². The quantitative estimate of drug-likeness (QED) is 0.739. The molecule has 1 aliphatic heterocycles. The lowest BCUT2D eigenvalue weighted by atomic mass is 9.65. The predicted octanol–water partition coefficient (Wildman–Crippen LogP) is 4.63. The molecular formula is C19H33NO. The van der Waals surface area contributed by atoms with Crippen LogP contribution in [0.2, 0.25) is 0 Å². The van der Waals surface area contributed by atoms with E-state index < -0.39 is 0 Å². The minimum Gasteiger partial charge on any atom is -0.340 e. The van der Waals surface area contributed by atoms with Gasteiger partial charge in [0.25, 0.3) is 0 Å². The van der Waals surface area contributed by atoms with Crippen molar-refractivity contribution in [3.63, 3.8) is 0 Å². The first-order valence-corrected chi connectivity index (χ1v) is 9.19. The predicted molar refractivity (Wildman–Crippen MR) is 87.0 cm³/mol. The van der Waals surface area contributed by atoms with Gasteiger partial charge in [0.05, 0.1) is 0 Å². The van der Waals surface area contributed by atoms with Crippen LogP contribution in [0.25, 0.3) is 0 Å². The molecule has 4 atom stereocenters. The Morgan fingerprint density at radius 3 is 2.52 bits per heavy atom. The molecule has 3 aliphatic rings. The van der Waals surface area contributed by atoms with Crippen molar-refractivity contribution in [2.24, 2.45) is 22.7 Å². The molecule has 0 aromatic heterocycles. The van der Waals surface area contributed by atoms with Gasteiger partial charge >= 0.3 is 0 Å². The van der Waals surface area contributed by atoms with E-state index in [1.54, 1.807) is 0 Å². The summed E-state index contributed by atoms with van der Waals surface area (Å²) in [5.74, 6) is 2.21. The standard InChI is InChI=1S/C19H33NO/c1-5-17(21)20-12-6-7-16(20)9-8-15-13-14-10-11-19(15,4)18(14,2)3/h14-16H,5-13H2,1-4H3/t14?,15?,16-,19?/m0/s1. The van der Waals surface area contributed by atoms with E-state index in [9.17, 15) is 4.79 Å². The minimum atomic E-state index is 0.372. The zero-order valence-corrected chi connectivity index (χ0v) is 14.5. The Balaban J connectivity index is 1.60. The number of nitrogens with zero attached hydrogens (tertiary/aromatic N) is 1. The molecule has 0 spiro atoms. The summed E-state index contributed by atoms with van der Waals surface area (Å²) in [7, 11) is 0. The Hall–Kier alpha value is -0.530. The SMILES string of the molecule is CCC(=O)N1CCC[C@H]1CCC1CC2CCC1(C)C2(C)C. The highest BCUT2D eigenvalue weighted by Gasteiger charge is 2.60. The van der Waals surface area contributed by atoms with Crippen LogP contribution in [0.15, 0.2) is 0 Å². The van der Waals surface area contributed by atoms with Gasteiger partial charge in [-0.3, -0.25) is 4.79 Å².